The fourth-order valence-corrected chi connectivity index (χ4v) is 3.03. The Bertz CT molecular complexity index is 468. The molecule has 0 radical (unpaired) electrons. The Morgan fingerprint density at radius 2 is 1.52 bits per heavy atom. The van der Waals surface area contributed by atoms with Gasteiger partial charge in [-0.2, -0.15) is 13.2 Å². The number of aliphatic carboxylic acids is 1. The van der Waals surface area contributed by atoms with E-state index in [-0.39, 0.29) is 11.6 Å². The number of likely N-dealkylation sites (tertiary alicyclic amines) is 1. The number of carboxylic acid groups (broad SMARTS) is 2. The van der Waals surface area contributed by atoms with E-state index in [1.165, 1.54) is 0 Å². The molecule has 0 unspecified atom stereocenters. The summed E-state index contributed by atoms with van der Waals surface area (Å²) in [5.74, 6) is -2.76. The first kappa shape index (κ1) is 21.5. The second kappa shape index (κ2) is 8.22. The molecule has 0 aromatic rings. The third-order valence-electron chi connectivity index (χ3n) is 4.31. The van der Waals surface area contributed by atoms with Gasteiger partial charge in [-0.1, -0.05) is 0 Å². The summed E-state index contributed by atoms with van der Waals surface area (Å²) in [6.07, 6.45) is -3.95. The van der Waals surface area contributed by atoms with Gasteiger partial charge in [0.15, 0.2) is 0 Å². The van der Waals surface area contributed by atoms with E-state index in [4.69, 9.17) is 9.90 Å². The number of halogens is 3. The number of carbonyl (C=O) groups is 2. The standard InChI is InChI=1S/C13H25N3O2.C2HF3O2/c1-13(2,3)16(12(17)18)10-4-6-15(7-5-10)11-8-14-9-11;3-2(4,5)1(6)7/h10-11,14H,4-9H2,1-3H3,(H,17,18);(H,6,7). The molecule has 2 aliphatic heterocycles. The lowest BCUT2D eigenvalue weighted by molar-refractivity contribution is -0.192. The fourth-order valence-electron chi connectivity index (χ4n) is 3.03. The van der Waals surface area contributed by atoms with E-state index in [1.54, 1.807) is 4.90 Å². The van der Waals surface area contributed by atoms with Crippen LogP contribution in [0.4, 0.5) is 18.0 Å². The Morgan fingerprint density at radius 3 is 1.76 bits per heavy atom. The van der Waals surface area contributed by atoms with E-state index in [0.717, 1.165) is 39.0 Å². The Balaban J connectivity index is 0.000000381. The molecule has 2 aliphatic rings. The summed E-state index contributed by atoms with van der Waals surface area (Å²) in [6.45, 7) is 10.2. The second-order valence-electron chi connectivity index (χ2n) is 7.21. The van der Waals surface area contributed by atoms with Crippen molar-refractivity contribution in [2.24, 2.45) is 0 Å². The normalized spacial score (nSPS) is 20.2. The third-order valence-corrected chi connectivity index (χ3v) is 4.31. The van der Waals surface area contributed by atoms with Crippen molar-refractivity contribution in [1.29, 1.82) is 0 Å². The van der Waals surface area contributed by atoms with Crippen molar-refractivity contribution in [2.45, 2.75) is 57.4 Å². The molecular formula is C15H26F3N3O4. The van der Waals surface area contributed by atoms with Gasteiger partial charge in [0, 0.05) is 43.8 Å². The smallest absolute Gasteiger partial charge is 0.475 e. The van der Waals surface area contributed by atoms with Crippen molar-refractivity contribution in [3.8, 4) is 0 Å². The van der Waals surface area contributed by atoms with Crippen molar-refractivity contribution >= 4 is 12.1 Å². The average Bonchev–Trinajstić information content (AvgIpc) is 2.36. The molecule has 1 amide bonds. The summed E-state index contributed by atoms with van der Waals surface area (Å²) in [5, 5.41) is 19.8. The molecule has 25 heavy (non-hydrogen) atoms. The van der Waals surface area contributed by atoms with Crippen molar-refractivity contribution in [2.75, 3.05) is 26.2 Å². The van der Waals surface area contributed by atoms with Gasteiger partial charge in [-0.05, 0) is 33.6 Å². The summed E-state index contributed by atoms with van der Waals surface area (Å²) < 4.78 is 31.7. The van der Waals surface area contributed by atoms with Gasteiger partial charge in [0.2, 0.25) is 0 Å². The molecule has 0 spiro atoms. The Hall–Kier alpha value is -1.55. The minimum absolute atomic E-state index is 0.173. The van der Waals surface area contributed by atoms with Gasteiger partial charge in [-0.25, -0.2) is 9.59 Å². The summed E-state index contributed by atoms with van der Waals surface area (Å²) >= 11 is 0. The van der Waals surface area contributed by atoms with Crippen LogP contribution in [0.5, 0.6) is 0 Å². The van der Waals surface area contributed by atoms with Crippen LogP contribution >= 0.6 is 0 Å². The Morgan fingerprint density at radius 1 is 1.08 bits per heavy atom. The van der Waals surface area contributed by atoms with Crippen LogP contribution < -0.4 is 5.32 Å². The van der Waals surface area contributed by atoms with Crippen molar-refractivity contribution in [1.82, 2.24) is 15.1 Å². The number of piperidine rings is 1. The maximum atomic E-state index is 11.4. The van der Waals surface area contributed by atoms with E-state index >= 15 is 0 Å². The highest BCUT2D eigenvalue weighted by molar-refractivity contribution is 5.73. The van der Waals surface area contributed by atoms with Gasteiger partial charge in [0.25, 0.3) is 0 Å². The summed E-state index contributed by atoms with van der Waals surface area (Å²) in [5.41, 5.74) is -0.309. The van der Waals surface area contributed by atoms with E-state index in [9.17, 15) is 23.1 Å². The lowest BCUT2D eigenvalue weighted by Crippen LogP contribution is -2.61. The van der Waals surface area contributed by atoms with E-state index in [2.05, 4.69) is 10.2 Å². The first-order valence-corrected chi connectivity index (χ1v) is 8.11. The number of nitrogens with one attached hydrogen (secondary N) is 1. The molecule has 0 aromatic carbocycles. The summed E-state index contributed by atoms with van der Waals surface area (Å²) in [6, 6.07) is 0.852. The molecule has 2 fully saturated rings. The molecule has 0 aliphatic carbocycles. The largest absolute Gasteiger partial charge is 0.490 e. The van der Waals surface area contributed by atoms with Gasteiger partial charge in [0.05, 0.1) is 0 Å². The number of alkyl halides is 3. The number of hydrogen-bond acceptors (Lipinski definition) is 4. The van der Waals surface area contributed by atoms with Gasteiger partial charge < -0.3 is 20.4 Å². The molecule has 2 saturated heterocycles. The monoisotopic (exact) mass is 369 g/mol. The maximum Gasteiger partial charge on any atom is 0.490 e. The number of rotatable bonds is 2. The van der Waals surface area contributed by atoms with Crippen LogP contribution in [0.3, 0.4) is 0 Å². The van der Waals surface area contributed by atoms with Gasteiger partial charge in [-0.15, -0.1) is 0 Å². The number of hydrogen-bond donors (Lipinski definition) is 3. The molecule has 7 nitrogen and oxygen atoms in total. The molecule has 10 heteroatoms. The maximum absolute atomic E-state index is 11.4. The lowest BCUT2D eigenvalue weighted by Gasteiger charge is -2.46. The molecule has 2 heterocycles. The van der Waals surface area contributed by atoms with Crippen molar-refractivity contribution in [3.63, 3.8) is 0 Å². The van der Waals surface area contributed by atoms with E-state index in [0.29, 0.717) is 6.04 Å². The number of nitrogens with zero attached hydrogens (tertiary/aromatic N) is 2. The highest BCUT2D eigenvalue weighted by atomic mass is 19.4. The second-order valence-corrected chi connectivity index (χ2v) is 7.21. The predicted octanol–water partition coefficient (Wildman–Crippen LogP) is 1.83. The molecular weight excluding hydrogens is 343 g/mol. The number of amides is 1. The zero-order chi connectivity index (χ0) is 19.4. The first-order valence-electron chi connectivity index (χ1n) is 8.11. The molecule has 146 valence electrons. The summed E-state index contributed by atoms with van der Waals surface area (Å²) in [7, 11) is 0. The third kappa shape index (κ3) is 6.35. The predicted molar refractivity (Wildman–Crippen MR) is 84.6 cm³/mol. The van der Waals surface area contributed by atoms with E-state index in [1.807, 2.05) is 20.8 Å². The quantitative estimate of drug-likeness (QED) is 0.688. The zero-order valence-corrected chi connectivity index (χ0v) is 14.6. The molecule has 0 atom stereocenters. The fraction of sp³-hybridized carbons (Fsp3) is 0.867. The van der Waals surface area contributed by atoms with Gasteiger partial charge >= 0.3 is 18.2 Å². The van der Waals surface area contributed by atoms with Crippen molar-refractivity contribution < 1.29 is 33.0 Å². The summed E-state index contributed by atoms with van der Waals surface area (Å²) in [4.78, 5) is 24.5. The van der Waals surface area contributed by atoms with Crippen LogP contribution in [-0.4, -0.2) is 82.1 Å². The van der Waals surface area contributed by atoms with Crippen LogP contribution in [0.2, 0.25) is 0 Å². The molecule has 0 saturated carbocycles. The Labute approximate surface area is 144 Å². The minimum atomic E-state index is -5.08. The zero-order valence-electron chi connectivity index (χ0n) is 14.6. The topological polar surface area (TPSA) is 93.1 Å². The van der Waals surface area contributed by atoms with Gasteiger partial charge in [-0.3, -0.25) is 4.90 Å². The average molecular weight is 369 g/mol. The van der Waals surface area contributed by atoms with Gasteiger partial charge in [0.1, 0.15) is 0 Å². The molecule has 2 rings (SSSR count). The van der Waals surface area contributed by atoms with Crippen LogP contribution in [0, 0.1) is 0 Å². The van der Waals surface area contributed by atoms with Crippen LogP contribution in [0.15, 0.2) is 0 Å². The van der Waals surface area contributed by atoms with Crippen LogP contribution in [-0.2, 0) is 4.79 Å². The highest BCUT2D eigenvalue weighted by Gasteiger charge is 2.38. The van der Waals surface area contributed by atoms with Crippen LogP contribution in [0.1, 0.15) is 33.6 Å². The number of carboxylic acids is 1. The first-order chi connectivity index (χ1) is 11.3. The van der Waals surface area contributed by atoms with Crippen molar-refractivity contribution in [3.05, 3.63) is 0 Å². The molecule has 0 aromatic heterocycles. The highest BCUT2D eigenvalue weighted by Crippen LogP contribution is 2.25. The lowest BCUT2D eigenvalue weighted by atomic mass is 9.95. The Kier molecular flexibility index (Phi) is 7.07. The molecule has 3 N–H and O–H groups in total. The minimum Gasteiger partial charge on any atom is -0.475 e. The SMILES string of the molecule is CC(C)(C)N(C(=O)O)C1CCN(C2CNC2)CC1.O=C(O)C(F)(F)F. The van der Waals surface area contributed by atoms with Crippen LogP contribution in [0.25, 0.3) is 0 Å². The van der Waals surface area contributed by atoms with E-state index < -0.39 is 18.2 Å². The molecule has 0 bridgehead atoms.